The molecule has 1 saturated carbocycles. The van der Waals surface area contributed by atoms with Crippen molar-refractivity contribution in [3.8, 4) is 0 Å². The first-order chi connectivity index (χ1) is 6.37. The van der Waals surface area contributed by atoms with Crippen molar-refractivity contribution in [2.45, 2.75) is 58.5 Å². The van der Waals surface area contributed by atoms with Crippen LogP contribution in [0.15, 0.2) is 0 Å². The van der Waals surface area contributed by atoms with Crippen LogP contribution in [0.5, 0.6) is 0 Å². The molecule has 0 amide bonds. The second-order valence-electron chi connectivity index (χ2n) is 4.94. The normalized spacial score (nSPS) is 22.7. The maximum Gasteiger partial charge on any atom is 0.394 e. The summed E-state index contributed by atoms with van der Waals surface area (Å²) in [5.41, 5.74) is -1.36. The highest BCUT2D eigenvalue weighted by Crippen LogP contribution is 2.52. The minimum atomic E-state index is -4.00. The van der Waals surface area contributed by atoms with Crippen molar-refractivity contribution >= 4 is 0 Å². The van der Waals surface area contributed by atoms with E-state index in [1.165, 1.54) is 0 Å². The first-order valence-corrected chi connectivity index (χ1v) is 5.44. The summed E-state index contributed by atoms with van der Waals surface area (Å²) in [6.45, 7) is 3.75. The largest absolute Gasteiger partial charge is 0.394 e. The monoisotopic (exact) mass is 208 g/mol. The van der Waals surface area contributed by atoms with E-state index in [1.54, 1.807) is 0 Å². The second-order valence-corrected chi connectivity index (χ2v) is 4.94. The lowest BCUT2D eigenvalue weighted by Gasteiger charge is -2.40. The molecule has 0 spiro atoms. The molecule has 0 bridgehead atoms. The fraction of sp³-hybridized carbons (Fsp3) is 1.00. The quantitative estimate of drug-likeness (QED) is 0.624. The summed E-state index contributed by atoms with van der Waals surface area (Å²) in [4.78, 5) is 0. The maximum absolute atomic E-state index is 13.0. The molecule has 0 nitrogen and oxygen atoms in total. The van der Waals surface area contributed by atoms with Gasteiger partial charge in [-0.2, -0.15) is 13.2 Å². The molecule has 0 aromatic heterocycles. The zero-order valence-electron chi connectivity index (χ0n) is 8.95. The standard InChI is InChI=1S/C11H19F3/c1-9(2)8-10(11(12,13)14)6-4-3-5-7-10/h9H,3-8H2,1-2H3. The Balaban J connectivity index is 2.77. The summed E-state index contributed by atoms with van der Waals surface area (Å²) >= 11 is 0. The Morgan fingerprint density at radius 2 is 1.57 bits per heavy atom. The highest BCUT2D eigenvalue weighted by atomic mass is 19.4. The van der Waals surface area contributed by atoms with E-state index in [-0.39, 0.29) is 5.92 Å². The van der Waals surface area contributed by atoms with E-state index in [0.29, 0.717) is 19.3 Å². The van der Waals surface area contributed by atoms with E-state index in [1.807, 2.05) is 13.8 Å². The van der Waals surface area contributed by atoms with Crippen molar-refractivity contribution < 1.29 is 13.2 Å². The van der Waals surface area contributed by atoms with Crippen LogP contribution in [0.1, 0.15) is 52.4 Å². The third kappa shape index (κ3) is 2.43. The van der Waals surface area contributed by atoms with Gasteiger partial charge in [0.15, 0.2) is 0 Å². The molecule has 0 N–H and O–H groups in total. The Bertz CT molecular complexity index is 175. The van der Waals surface area contributed by atoms with E-state index < -0.39 is 11.6 Å². The summed E-state index contributed by atoms with van der Waals surface area (Å²) in [5, 5.41) is 0. The molecule has 1 fully saturated rings. The molecule has 1 aliphatic carbocycles. The van der Waals surface area contributed by atoms with Crippen LogP contribution in [0.4, 0.5) is 13.2 Å². The van der Waals surface area contributed by atoms with Gasteiger partial charge in [-0.1, -0.05) is 33.1 Å². The minimum absolute atomic E-state index is 0.134. The summed E-state index contributed by atoms with van der Waals surface area (Å²) in [7, 11) is 0. The Morgan fingerprint density at radius 1 is 1.07 bits per heavy atom. The number of rotatable bonds is 2. The number of hydrogen-bond donors (Lipinski definition) is 0. The van der Waals surface area contributed by atoms with Gasteiger partial charge in [-0.3, -0.25) is 0 Å². The van der Waals surface area contributed by atoms with Crippen molar-refractivity contribution in [1.82, 2.24) is 0 Å². The number of alkyl halides is 3. The van der Waals surface area contributed by atoms with Gasteiger partial charge in [0.2, 0.25) is 0 Å². The lowest BCUT2D eigenvalue weighted by atomic mass is 9.69. The first-order valence-electron chi connectivity index (χ1n) is 5.44. The van der Waals surface area contributed by atoms with Crippen molar-refractivity contribution in [2.24, 2.45) is 11.3 Å². The number of hydrogen-bond acceptors (Lipinski definition) is 0. The van der Waals surface area contributed by atoms with Gasteiger partial charge in [-0.25, -0.2) is 0 Å². The summed E-state index contributed by atoms with van der Waals surface area (Å²) in [6.07, 6.45) is -0.564. The molecule has 84 valence electrons. The van der Waals surface area contributed by atoms with Gasteiger partial charge in [-0.15, -0.1) is 0 Å². The predicted molar refractivity (Wildman–Crippen MR) is 51.0 cm³/mol. The molecule has 1 rings (SSSR count). The molecule has 0 radical (unpaired) electrons. The molecule has 0 aromatic rings. The van der Waals surface area contributed by atoms with Crippen LogP contribution in [0.2, 0.25) is 0 Å². The summed E-state index contributed by atoms with van der Waals surface area (Å²) < 4.78 is 38.9. The molecule has 0 aromatic carbocycles. The molecular weight excluding hydrogens is 189 g/mol. The fourth-order valence-electron chi connectivity index (χ4n) is 2.61. The summed E-state index contributed by atoms with van der Waals surface area (Å²) in [5.74, 6) is 0.134. The molecule has 1 aliphatic rings. The second kappa shape index (κ2) is 4.11. The van der Waals surface area contributed by atoms with Crippen LogP contribution in [-0.2, 0) is 0 Å². The Kier molecular flexibility index (Phi) is 3.49. The van der Waals surface area contributed by atoms with Crippen LogP contribution >= 0.6 is 0 Å². The Labute approximate surface area is 83.9 Å². The number of halogens is 3. The van der Waals surface area contributed by atoms with E-state index in [2.05, 4.69) is 0 Å². The van der Waals surface area contributed by atoms with Crippen LogP contribution < -0.4 is 0 Å². The van der Waals surface area contributed by atoms with Crippen LogP contribution in [0.25, 0.3) is 0 Å². The Hall–Kier alpha value is -0.210. The van der Waals surface area contributed by atoms with Gasteiger partial charge < -0.3 is 0 Å². The van der Waals surface area contributed by atoms with Gasteiger partial charge >= 0.3 is 6.18 Å². The zero-order valence-corrected chi connectivity index (χ0v) is 8.95. The molecule has 0 unspecified atom stereocenters. The van der Waals surface area contributed by atoms with Crippen LogP contribution in [0.3, 0.4) is 0 Å². The van der Waals surface area contributed by atoms with E-state index in [0.717, 1.165) is 19.3 Å². The Morgan fingerprint density at radius 3 is 1.93 bits per heavy atom. The third-order valence-corrected chi connectivity index (χ3v) is 3.21. The van der Waals surface area contributed by atoms with Crippen LogP contribution in [-0.4, -0.2) is 6.18 Å². The van der Waals surface area contributed by atoms with Gasteiger partial charge in [0.1, 0.15) is 0 Å². The average molecular weight is 208 g/mol. The highest BCUT2D eigenvalue weighted by Gasteiger charge is 2.54. The van der Waals surface area contributed by atoms with Crippen molar-refractivity contribution in [3.63, 3.8) is 0 Å². The molecule has 0 aliphatic heterocycles. The lowest BCUT2D eigenvalue weighted by molar-refractivity contribution is -0.240. The van der Waals surface area contributed by atoms with Crippen molar-refractivity contribution in [1.29, 1.82) is 0 Å². The molecule has 0 heterocycles. The molecular formula is C11H19F3. The third-order valence-electron chi connectivity index (χ3n) is 3.21. The predicted octanol–water partition coefficient (Wildman–Crippen LogP) is 4.55. The van der Waals surface area contributed by atoms with Crippen LogP contribution in [0, 0.1) is 11.3 Å². The van der Waals surface area contributed by atoms with Gasteiger partial charge in [0, 0.05) is 0 Å². The molecule has 14 heavy (non-hydrogen) atoms. The maximum atomic E-state index is 13.0. The smallest absolute Gasteiger partial charge is 0.171 e. The molecule has 0 atom stereocenters. The van der Waals surface area contributed by atoms with E-state index in [9.17, 15) is 13.2 Å². The SMILES string of the molecule is CC(C)CC1(C(F)(F)F)CCCCC1. The first kappa shape index (κ1) is 11.9. The van der Waals surface area contributed by atoms with Crippen molar-refractivity contribution in [3.05, 3.63) is 0 Å². The fourth-order valence-corrected chi connectivity index (χ4v) is 2.61. The van der Waals surface area contributed by atoms with Gasteiger partial charge in [0.05, 0.1) is 5.41 Å². The molecule has 0 saturated heterocycles. The van der Waals surface area contributed by atoms with Gasteiger partial charge in [-0.05, 0) is 25.2 Å². The van der Waals surface area contributed by atoms with Gasteiger partial charge in [0.25, 0.3) is 0 Å². The van der Waals surface area contributed by atoms with E-state index >= 15 is 0 Å². The lowest BCUT2D eigenvalue weighted by Crippen LogP contribution is -2.40. The van der Waals surface area contributed by atoms with E-state index in [4.69, 9.17) is 0 Å². The average Bonchev–Trinajstić information content (AvgIpc) is 2.02. The summed E-state index contributed by atoms with van der Waals surface area (Å²) in [6, 6.07) is 0. The minimum Gasteiger partial charge on any atom is -0.171 e. The zero-order chi connectivity index (χ0) is 10.8. The highest BCUT2D eigenvalue weighted by molar-refractivity contribution is 4.89. The molecule has 3 heteroatoms. The van der Waals surface area contributed by atoms with Crippen molar-refractivity contribution in [2.75, 3.05) is 0 Å². The topological polar surface area (TPSA) is 0 Å².